The normalized spacial score (nSPS) is 15.5. The highest BCUT2D eigenvalue weighted by Gasteiger charge is 2.21. The number of amides is 1. The van der Waals surface area contributed by atoms with Crippen molar-refractivity contribution < 1.29 is 14.7 Å². The summed E-state index contributed by atoms with van der Waals surface area (Å²) in [7, 11) is 0. The van der Waals surface area contributed by atoms with Gasteiger partial charge in [0.2, 0.25) is 5.91 Å². The highest BCUT2D eigenvalue weighted by atomic mass is 35.5. The number of nitrogens with zero attached hydrogens (tertiary/aromatic N) is 1. The van der Waals surface area contributed by atoms with Crippen molar-refractivity contribution >= 4 is 42.4 Å². The Morgan fingerprint density at radius 1 is 1.15 bits per heavy atom. The highest BCUT2D eigenvalue weighted by molar-refractivity contribution is 5.95. The first-order chi connectivity index (χ1) is 11.5. The third kappa shape index (κ3) is 4.94. The molecule has 26 heavy (non-hydrogen) atoms. The van der Waals surface area contributed by atoms with Crippen LogP contribution in [0.1, 0.15) is 29.0 Å². The third-order valence-electron chi connectivity index (χ3n) is 4.15. The van der Waals surface area contributed by atoms with Crippen molar-refractivity contribution in [1.82, 2.24) is 10.3 Å². The molecule has 3 rings (SSSR count). The lowest BCUT2D eigenvalue weighted by Crippen LogP contribution is -2.35. The molecule has 6 nitrogen and oxygen atoms in total. The summed E-state index contributed by atoms with van der Waals surface area (Å²) in [4.78, 5) is 27.1. The summed E-state index contributed by atoms with van der Waals surface area (Å²) in [6.45, 7) is 2.67. The smallest absolute Gasteiger partial charge is 0.354 e. The quantitative estimate of drug-likeness (QED) is 0.735. The molecule has 0 bridgehead atoms. The van der Waals surface area contributed by atoms with Crippen molar-refractivity contribution in [2.24, 2.45) is 0 Å². The summed E-state index contributed by atoms with van der Waals surface area (Å²) in [6, 6.07) is 10.6. The number of pyridine rings is 1. The van der Waals surface area contributed by atoms with Gasteiger partial charge in [-0.25, -0.2) is 9.78 Å². The fourth-order valence-electron chi connectivity index (χ4n) is 2.86. The number of carbonyl (C=O) groups is 2. The standard InChI is InChI=1S/C18H19N3O3.2ClH/c1-11-14(8-9-16(20-11)18(23)24)12-4-6-13(7-5-12)21-17(22)15-3-2-10-19-15;;/h4-9,15,19H,2-3,10H2,1H3,(H,21,22)(H,23,24);2*1H/t15-;;/m1../s1. The minimum atomic E-state index is -1.04. The zero-order valence-electron chi connectivity index (χ0n) is 14.2. The van der Waals surface area contributed by atoms with Crippen molar-refractivity contribution in [2.75, 3.05) is 11.9 Å². The number of anilines is 1. The minimum absolute atomic E-state index is 0. The molecule has 8 heteroatoms. The van der Waals surface area contributed by atoms with E-state index in [2.05, 4.69) is 15.6 Å². The number of halogens is 2. The van der Waals surface area contributed by atoms with Crippen molar-refractivity contribution in [3.8, 4) is 11.1 Å². The third-order valence-corrected chi connectivity index (χ3v) is 4.15. The van der Waals surface area contributed by atoms with E-state index >= 15 is 0 Å². The molecule has 0 unspecified atom stereocenters. The van der Waals surface area contributed by atoms with E-state index in [1.807, 2.05) is 24.3 Å². The topological polar surface area (TPSA) is 91.3 Å². The Morgan fingerprint density at radius 3 is 2.38 bits per heavy atom. The van der Waals surface area contributed by atoms with Crippen LogP contribution in [0.15, 0.2) is 36.4 Å². The van der Waals surface area contributed by atoms with Crippen LogP contribution in [0.3, 0.4) is 0 Å². The summed E-state index contributed by atoms with van der Waals surface area (Å²) in [5.74, 6) is -1.05. The molecule has 0 radical (unpaired) electrons. The Bertz CT molecular complexity index is 776. The largest absolute Gasteiger partial charge is 0.477 e. The number of aryl methyl sites for hydroxylation is 1. The van der Waals surface area contributed by atoms with Gasteiger partial charge in [-0.2, -0.15) is 0 Å². The maximum atomic E-state index is 12.1. The molecule has 0 spiro atoms. The van der Waals surface area contributed by atoms with Gasteiger partial charge in [-0.05, 0) is 50.1 Å². The van der Waals surface area contributed by atoms with Gasteiger partial charge in [-0.3, -0.25) is 4.79 Å². The lowest BCUT2D eigenvalue weighted by molar-refractivity contribution is -0.117. The molecule has 1 saturated heterocycles. The van der Waals surface area contributed by atoms with Gasteiger partial charge in [0.1, 0.15) is 5.69 Å². The number of carboxylic acids is 1. The van der Waals surface area contributed by atoms with Gasteiger partial charge in [0.25, 0.3) is 0 Å². The molecule has 1 aromatic heterocycles. The summed E-state index contributed by atoms with van der Waals surface area (Å²) in [6.07, 6.45) is 1.89. The molecule has 1 fully saturated rings. The Morgan fingerprint density at radius 2 is 1.85 bits per heavy atom. The van der Waals surface area contributed by atoms with Crippen molar-refractivity contribution in [3.05, 3.63) is 47.8 Å². The number of carbonyl (C=O) groups excluding carboxylic acids is 1. The summed E-state index contributed by atoms with van der Waals surface area (Å²) < 4.78 is 0. The van der Waals surface area contributed by atoms with Gasteiger partial charge in [0.05, 0.1) is 6.04 Å². The average Bonchev–Trinajstić information content (AvgIpc) is 3.10. The van der Waals surface area contributed by atoms with Gasteiger partial charge >= 0.3 is 5.97 Å². The zero-order chi connectivity index (χ0) is 17.1. The number of carboxylic acid groups (broad SMARTS) is 1. The van der Waals surface area contributed by atoms with Crippen LogP contribution in [0.25, 0.3) is 11.1 Å². The Balaban J connectivity index is 0.00000169. The van der Waals surface area contributed by atoms with E-state index in [4.69, 9.17) is 5.11 Å². The molecule has 2 heterocycles. The molecule has 1 aliphatic heterocycles. The molecular weight excluding hydrogens is 377 g/mol. The van der Waals surface area contributed by atoms with Crippen LogP contribution >= 0.6 is 24.8 Å². The van der Waals surface area contributed by atoms with E-state index in [9.17, 15) is 9.59 Å². The van der Waals surface area contributed by atoms with Crippen LogP contribution in [0.5, 0.6) is 0 Å². The van der Waals surface area contributed by atoms with Crippen molar-refractivity contribution in [3.63, 3.8) is 0 Å². The van der Waals surface area contributed by atoms with Crippen LogP contribution < -0.4 is 10.6 Å². The molecule has 1 atom stereocenters. The van der Waals surface area contributed by atoms with Gasteiger partial charge in [0.15, 0.2) is 0 Å². The van der Waals surface area contributed by atoms with Crippen molar-refractivity contribution in [1.29, 1.82) is 0 Å². The molecular formula is C18H21Cl2N3O3. The lowest BCUT2D eigenvalue weighted by Gasteiger charge is -2.12. The second-order valence-corrected chi connectivity index (χ2v) is 5.85. The lowest BCUT2D eigenvalue weighted by atomic mass is 10.0. The summed E-state index contributed by atoms with van der Waals surface area (Å²) >= 11 is 0. The number of hydrogen-bond acceptors (Lipinski definition) is 4. The monoisotopic (exact) mass is 397 g/mol. The van der Waals surface area contributed by atoms with E-state index in [-0.39, 0.29) is 42.5 Å². The predicted octanol–water partition coefficient (Wildman–Crippen LogP) is 3.29. The first-order valence-corrected chi connectivity index (χ1v) is 7.90. The maximum Gasteiger partial charge on any atom is 0.354 e. The van der Waals surface area contributed by atoms with E-state index in [1.165, 1.54) is 6.07 Å². The van der Waals surface area contributed by atoms with E-state index < -0.39 is 5.97 Å². The first-order valence-electron chi connectivity index (χ1n) is 7.90. The molecule has 1 aromatic carbocycles. The Hall–Kier alpha value is -2.15. The number of nitrogens with one attached hydrogen (secondary N) is 2. The number of aromatic nitrogens is 1. The van der Waals surface area contributed by atoms with Gasteiger partial charge in [-0.15, -0.1) is 24.8 Å². The first kappa shape index (κ1) is 21.9. The zero-order valence-corrected chi connectivity index (χ0v) is 15.8. The molecule has 3 N–H and O–H groups in total. The number of aromatic carboxylic acids is 1. The predicted molar refractivity (Wildman–Crippen MR) is 106 cm³/mol. The van der Waals surface area contributed by atoms with E-state index in [0.717, 1.165) is 36.2 Å². The summed E-state index contributed by atoms with van der Waals surface area (Å²) in [5, 5.41) is 15.0. The van der Waals surface area contributed by atoms with Crippen LogP contribution in [-0.4, -0.2) is 34.6 Å². The second kappa shape index (κ2) is 9.52. The fourth-order valence-corrected chi connectivity index (χ4v) is 2.86. The average molecular weight is 398 g/mol. The van der Waals surface area contributed by atoms with Gasteiger partial charge in [0, 0.05) is 16.9 Å². The van der Waals surface area contributed by atoms with Crippen molar-refractivity contribution in [2.45, 2.75) is 25.8 Å². The molecule has 1 aliphatic rings. The molecule has 0 aliphatic carbocycles. The molecule has 140 valence electrons. The van der Waals surface area contributed by atoms with E-state index in [0.29, 0.717) is 5.69 Å². The molecule has 2 aromatic rings. The number of rotatable bonds is 4. The van der Waals surface area contributed by atoms with Crippen LogP contribution in [-0.2, 0) is 4.79 Å². The molecule has 1 amide bonds. The second-order valence-electron chi connectivity index (χ2n) is 5.85. The van der Waals surface area contributed by atoms with Gasteiger partial charge in [-0.1, -0.05) is 18.2 Å². The Kier molecular flexibility index (Phi) is 8.02. The number of hydrogen-bond donors (Lipinski definition) is 3. The van der Waals surface area contributed by atoms with Crippen LogP contribution in [0.4, 0.5) is 5.69 Å². The van der Waals surface area contributed by atoms with Gasteiger partial charge < -0.3 is 15.7 Å². The fraction of sp³-hybridized carbons (Fsp3) is 0.278. The van der Waals surface area contributed by atoms with Crippen LogP contribution in [0, 0.1) is 6.92 Å². The highest BCUT2D eigenvalue weighted by Crippen LogP contribution is 2.24. The number of benzene rings is 1. The van der Waals surface area contributed by atoms with E-state index in [1.54, 1.807) is 13.0 Å². The minimum Gasteiger partial charge on any atom is -0.477 e. The Labute approximate surface area is 164 Å². The maximum absolute atomic E-state index is 12.1. The SMILES string of the molecule is Cc1nc(C(=O)O)ccc1-c1ccc(NC(=O)[C@H]2CCCN2)cc1.Cl.Cl. The summed E-state index contributed by atoms with van der Waals surface area (Å²) in [5.41, 5.74) is 3.22. The molecule has 0 saturated carbocycles. The van der Waals surface area contributed by atoms with Crippen LogP contribution in [0.2, 0.25) is 0 Å².